The molecule has 0 radical (unpaired) electrons. The largest absolute Gasteiger partial charge is 0.478 e. The summed E-state index contributed by atoms with van der Waals surface area (Å²) in [5.74, 6) is -2.03. The third kappa shape index (κ3) is 4.36. The van der Waals surface area contributed by atoms with Gasteiger partial charge >= 0.3 is 12.1 Å². The van der Waals surface area contributed by atoms with Crippen molar-refractivity contribution in [2.75, 3.05) is 24.4 Å². The van der Waals surface area contributed by atoms with Crippen molar-refractivity contribution < 1.29 is 28.8 Å². The van der Waals surface area contributed by atoms with E-state index in [9.17, 15) is 19.5 Å². The second kappa shape index (κ2) is 9.32. The Labute approximate surface area is 198 Å². The van der Waals surface area contributed by atoms with Crippen LogP contribution < -0.4 is 10.2 Å². The van der Waals surface area contributed by atoms with Crippen molar-refractivity contribution in [2.24, 2.45) is 0 Å². The van der Waals surface area contributed by atoms with Crippen LogP contribution in [0.4, 0.5) is 16.2 Å². The highest BCUT2D eigenvalue weighted by Crippen LogP contribution is 2.36. The van der Waals surface area contributed by atoms with Gasteiger partial charge in [0.1, 0.15) is 0 Å². The molecule has 0 saturated heterocycles. The summed E-state index contributed by atoms with van der Waals surface area (Å²) >= 11 is 0. The maximum Gasteiger partial charge on any atom is 0.413 e. The van der Waals surface area contributed by atoms with Crippen LogP contribution in [0.25, 0.3) is 22.1 Å². The average molecular weight is 471 g/mol. The number of ether oxygens (including phenoxy) is 1. The van der Waals surface area contributed by atoms with E-state index in [2.05, 4.69) is 15.5 Å². The Morgan fingerprint density at radius 1 is 1.20 bits per heavy atom. The molecular weight excluding hydrogens is 454 g/mol. The standard InChI is InChI=1S/C24H17N5O6/c1-29(24(33)34-2)19-10-20-17(9-15(19)14-4-3-7-26-12-14)21(28-35-20)22(30)27-18-6-5-13(11-25)8-16(18)23(31)32/h3-10,12H,1-2H3,(H,27,30)(H,31,32). The van der Waals surface area contributed by atoms with E-state index in [0.29, 0.717) is 22.2 Å². The van der Waals surface area contributed by atoms with Gasteiger partial charge in [0.2, 0.25) is 0 Å². The van der Waals surface area contributed by atoms with Gasteiger partial charge in [0, 0.05) is 36.6 Å². The van der Waals surface area contributed by atoms with Crippen LogP contribution in [0.2, 0.25) is 0 Å². The predicted molar refractivity (Wildman–Crippen MR) is 124 cm³/mol. The number of aromatic nitrogens is 2. The van der Waals surface area contributed by atoms with E-state index < -0.39 is 18.0 Å². The van der Waals surface area contributed by atoms with Crippen molar-refractivity contribution in [1.29, 1.82) is 5.26 Å². The highest BCUT2D eigenvalue weighted by Gasteiger charge is 2.24. The molecular formula is C24H17N5O6. The van der Waals surface area contributed by atoms with Crippen molar-refractivity contribution in [3.8, 4) is 17.2 Å². The minimum absolute atomic E-state index is 0.00724. The van der Waals surface area contributed by atoms with Crippen LogP contribution in [0, 0.1) is 11.3 Å². The molecule has 2 heterocycles. The Morgan fingerprint density at radius 2 is 2.00 bits per heavy atom. The highest BCUT2D eigenvalue weighted by molar-refractivity contribution is 6.14. The lowest BCUT2D eigenvalue weighted by Gasteiger charge is -2.19. The second-order valence-electron chi connectivity index (χ2n) is 7.30. The van der Waals surface area contributed by atoms with Gasteiger partial charge in [-0.05, 0) is 30.3 Å². The minimum atomic E-state index is -1.31. The number of amides is 2. The number of aromatic carboxylic acids is 1. The first kappa shape index (κ1) is 22.9. The fourth-order valence-corrected chi connectivity index (χ4v) is 3.48. The molecule has 0 atom stereocenters. The van der Waals surface area contributed by atoms with Gasteiger partial charge in [0.15, 0.2) is 11.3 Å². The number of hydrogen-bond donors (Lipinski definition) is 2. The molecule has 0 saturated carbocycles. The van der Waals surface area contributed by atoms with Crippen molar-refractivity contribution in [3.63, 3.8) is 0 Å². The highest BCUT2D eigenvalue weighted by atomic mass is 16.5. The Hall–Kier alpha value is -5.24. The number of fused-ring (bicyclic) bond motifs is 1. The number of anilines is 2. The number of carbonyl (C=O) groups excluding carboxylic acids is 2. The molecule has 2 aromatic carbocycles. The minimum Gasteiger partial charge on any atom is -0.478 e. The molecule has 4 aromatic rings. The van der Waals surface area contributed by atoms with E-state index in [0.717, 1.165) is 6.07 Å². The zero-order valence-corrected chi connectivity index (χ0v) is 18.5. The number of methoxy groups -OCH3 is 1. The lowest BCUT2D eigenvalue weighted by atomic mass is 10.0. The molecule has 174 valence electrons. The van der Waals surface area contributed by atoms with E-state index in [4.69, 9.17) is 14.5 Å². The summed E-state index contributed by atoms with van der Waals surface area (Å²) in [6.45, 7) is 0. The van der Waals surface area contributed by atoms with Gasteiger partial charge < -0.3 is 19.7 Å². The van der Waals surface area contributed by atoms with E-state index in [1.165, 1.54) is 31.2 Å². The van der Waals surface area contributed by atoms with Crippen LogP contribution in [0.5, 0.6) is 0 Å². The van der Waals surface area contributed by atoms with Crippen molar-refractivity contribution >= 4 is 40.3 Å². The Morgan fingerprint density at radius 3 is 2.66 bits per heavy atom. The maximum atomic E-state index is 13.1. The van der Waals surface area contributed by atoms with Crippen LogP contribution in [-0.4, -0.2) is 47.4 Å². The molecule has 2 N–H and O–H groups in total. The van der Waals surface area contributed by atoms with Gasteiger partial charge in [-0.25, -0.2) is 9.59 Å². The third-order valence-electron chi connectivity index (χ3n) is 5.21. The summed E-state index contributed by atoms with van der Waals surface area (Å²) in [7, 11) is 2.78. The number of hydrogen-bond acceptors (Lipinski definition) is 8. The number of carboxylic acids is 1. The first-order valence-electron chi connectivity index (χ1n) is 10.1. The molecule has 0 bridgehead atoms. The normalized spacial score (nSPS) is 10.4. The number of benzene rings is 2. The summed E-state index contributed by atoms with van der Waals surface area (Å²) in [5, 5.41) is 25.2. The average Bonchev–Trinajstić information content (AvgIpc) is 3.30. The summed E-state index contributed by atoms with van der Waals surface area (Å²) < 4.78 is 10.2. The smallest absolute Gasteiger partial charge is 0.413 e. The number of pyridine rings is 1. The second-order valence-corrected chi connectivity index (χ2v) is 7.30. The van der Waals surface area contributed by atoms with Crippen LogP contribution in [0.3, 0.4) is 0 Å². The van der Waals surface area contributed by atoms with Crippen LogP contribution in [0.1, 0.15) is 26.4 Å². The first-order chi connectivity index (χ1) is 16.8. The number of nitriles is 1. The van der Waals surface area contributed by atoms with Gasteiger partial charge in [-0.15, -0.1) is 0 Å². The molecule has 35 heavy (non-hydrogen) atoms. The zero-order chi connectivity index (χ0) is 25.1. The summed E-state index contributed by atoms with van der Waals surface area (Å²) in [4.78, 5) is 42.2. The maximum absolute atomic E-state index is 13.1. The topological polar surface area (TPSA) is 159 Å². The van der Waals surface area contributed by atoms with E-state index in [1.807, 2.05) is 6.07 Å². The molecule has 11 nitrogen and oxygen atoms in total. The third-order valence-corrected chi connectivity index (χ3v) is 5.21. The quantitative estimate of drug-likeness (QED) is 0.440. The first-order valence-corrected chi connectivity index (χ1v) is 10.1. The van der Waals surface area contributed by atoms with Crippen molar-refractivity contribution in [2.45, 2.75) is 0 Å². The molecule has 11 heteroatoms. The summed E-state index contributed by atoms with van der Waals surface area (Å²) in [6, 6.07) is 12.4. The van der Waals surface area contributed by atoms with E-state index >= 15 is 0 Å². The van der Waals surface area contributed by atoms with Gasteiger partial charge in [-0.3, -0.25) is 14.7 Å². The summed E-state index contributed by atoms with van der Waals surface area (Å²) in [5.41, 5.74) is 1.64. The van der Waals surface area contributed by atoms with Crippen molar-refractivity contribution in [3.05, 3.63) is 71.7 Å². The fraction of sp³-hybridized carbons (Fsp3) is 0.0833. The fourth-order valence-electron chi connectivity index (χ4n) is 3.48. The van der Waals surface area contributed by atoms with E-state index in [-0.39, 0.29) is 28.1 Å². The Bertz CT molecular complexity index is 1510. The molecule has 2 aromatic heterocycles. The molecule has 0 fully saturated rings. The van der Waals surface area contributed by atoms with Crippen LogP contribution in [0.15, 0.2) is 59.4 Å². The molecule has 0 spiro atoms. The van der Waals surface area contributed by atoms with Gasteiger partial charge in [0.05, 0.1) is 41.1 Å². The molecule has 0 aliphatic carbocycles. The Balaban J connectivity index is 1.81. The number of carboxylic acid groups (broad SMARTS) is 1. The van der Waals surface area contributed by atoms with Crippen molar-refractivity contribution in [1.82, 2.24) is 10.1 Å². The SMILES string of the molecule is COC(=O)N(C)c1cc2onc(C(=O)Nc3ccc(C#N)cc3C(=O)O)c2cc1-c1cccnc1. The number of nitrogens with one attached hydrogen (secondary N) is 1. The zero-order valence-electron chi connectivity index (χ0n) is 18.5. The molecule has 0 aliphatic rings. The lowest BCUT2D eigenvalue weighted by Crippen LogP contribution is -2.26. The molecule has 0 unspecified atom stereocenters. The molecule has 2 amide bonds. The lowest BCUT2D eigenvalue weighted by molar-refractivity contribution is 0.0698. The van der Waals surface area contributed by atoms with Crippen LogP contribution in [-0.2, 0) is 4.74 Å². The predicted octanol–water partition coefficient (Wildman–Crippen LogP) is 3.91. The van der Waals surface area contributed by atoms with E-state index in [1.54, 1.807) is 36.7 Å². The number of rotatable bonds is 5. The summed E-state index contributed by atoms with van der Waals surface area (Å²) in [6.07, 6.45) is 2.58. The number of carbonyl (C=O) groups is 3. The van der Waals surface area contributed by atoms with Gasteiger partial charge in [0.25, 0.3) is 5.91 Å². The monoisotopic (exact) mass is 471 g/mol. The molecule has 4 rings (SSSR count). The van der Waals surface area contributed by atoms with Crippen LogP contribution >= 0.6 is 0 Å². The molecule has 0 aliphatic heterocycles. The number of nitrogens with zero attached hydrogens (tertiary/aromatic N) is 4. The Kier molecular flexibility index (Phi) is 6.11. The van der Waals surface area contributed by atoms with Gasteiger partial charge in [-0.1, -0.05) is 11.2 Å². The van der Waals surface area contributed by atoms with Gasteiger partial charge in [-0.2, -0.15) is 5.26 Å².